The fourth-order valence-electron chi connectivity index (χ4n) is 2.84. The summed E-state index contributed by atoms with van der Waals surface area (Å²) in [4.78, 5) is 13.9. The van der Waals surface area contributed by atoms with E-state index in [1.807, 2.05) is 0 Å². The molecule has 22 heavy (non-hydrogen) atoms. The SMILES string of the molecule is O=C(c1ccon1)N1CCC(C(O)c2ccc(F)cc2)CC1. The zero-order chi connectivity index (χ0) is 15.5. The zero-order valence-electron chi connectivity index (χ0n) is 12.0. The van der Waals surface area contributed by atoms with Gasteiger partial charge in [0.1, 0.15) is 12.1 Å². The van der Waals surface area contributed by atoms with Crippen LogP contribution in [0.2, 0.25) is 0 Å². The van der Waals surface area contributed by atoms with Gasteiger partial charge in [-0.2, -0.15) is 0 Å². The molecule has 1 N–H and O–H groups in total. The van der Waals surface area contributed by atoms with E-state index in [0.717, 1.165) is 0 Å². The highest BCUT2D eigenvalue weighted by molar-refractivity contribution is 5.92. The molecule has 6 heteroatoms. The smallest absolute Gasteiger partial charge is 0.276 e. The molecular weight excluding hydrogens is 287 g/mol. The minimum atomic E-state index is -0.634. The van der Waals surface area contributed by atoms with Gasteiger partial charge >= 0.3 is 0 Å². The van der Waals surface area contributed by atoms with Gasteiger partial charge in [0, 0.05) is 19.2 Å². The number of aromatic nitrogens is 1. The van der Waals surface area contributed by atoms with Crippen LogP contribution in [0.15, 0.2) is 41.1 Å². The van der Waals surface area contributed by atoms with Gasteiger partial charge in [-0.1, -0.05) is 17.3 Å². The van der Waals surface area contributed by atoms with Crippen molar-refractivity contribution in [3.63, 3.8) is 0 Å². The molecule has 3 rings (SSSR count). The maximum Gasteiger partial charge on any atom is 0.276 e. The molecule has 1 saturated heterocycles. The van der Waals surface area contributed by atoms with E-state index in [4.69, 9.17) is 0 Å². The van der Waals surface area contributed by atoms with Gasteiger partial charge in [-0.15, -0.1) is 0 Å². The highest BCUT2D eigenvalue weighted by Gasteiger charge is 2.29. The summed E-state index contributed by atoms with van der Waals surface area (Å²) in [5.74, 6) is -0.403. The van der Waals surface area contributed by atoms with E-state index in [0.29, 0.717) is 37.2 Å². The Bertz CT molecular complexity index is 619. The van der Waals surface area contributed by atoms with Gasteiger partial charge in [0.25, 0.3) is 5.91 Å². The van der Waals surface area contributed by atoms with Crippen molar-refractivity contribution in [3.8, 4) is 0 Å². The van der Waals surface area contributed by atoms with Gasteiger partial charge in [-0.05, 0) is 36.5 Å². The minimum absolute atomic E-state index is 0.0619. The molecule has 2 aromatic rings. The van der Waals surface area contributed by atoms with E-state index in [1.165, 1.54) is 18.4 Å². The largest absolute Gasteiger partial charge is 0.388 e. The first-order valence-corrected chi connectivity index (χ1v) is 7.28. The summed E-state index contributed by atoms with van der Waals surface area (Å²) >= 11 is 0. The summed E-state index contributed by atoms with van der Waals surface area (Å²) < 4.78 is 17.6. The van der Waals surface area contributed by atoms with Crippen LogP contribution >= 0.6 is 0 Å². The monoisotopic (exact) mass is 304 g/mol. The van der Waals surface area contributed by atoms with Gasteiger partial charge in [0.15, 0.2) is 5.69 Å². The number of piperidine rings is 1. The Kier molecular flexibility index (Phi) is 4.20. The van der Waals surface area contributed by atoms with Crippen LogP contribution in [0.25, 0.3) is 0 Å². The van der Waals surface area contributed by atoms with Crippen LogP contribution in [0.3, 0.4) is 0 Å². The average Bonchev–Trinajstić information content (AvgIpc) is 3.09. The van der Waals surface area contributed by atoms with Crippen LogP contribution in [-0.2, 0) is 0 Å². The quantitative estimate of drug-likeness (QED) is 0.945. The maximum absolute atomic E-state index is 12.9. The summed E-state index contributed by atoms with van der Waals surface area (Å²) in [7, 11) is 0. The maximum atomic E-state index is 12.9. The molecule has 1 atom stereocenters. The molecule has 0 radical (unpaired) electrons. The molecule has 0 aliphatic carbocycles. The van der Waals surface area contributed by atoms with Gasteiger partial charge in [-0.25, -0.2) is 4.39 Å². The fraction of sp³-hybridized carbons (Fsp3) is 0.375. The number of benzene rings is 1. The van der Waals surface area contributed by atoms with E-state index >= 15 is 0 Å². The number of likely N-dealkylation sites (tertiary alicyclic amines) is 1. The average molecular weight is 304 g/mol. The van der Waals surface area contributed by atoms with E-state index in [-0.39, 0.29) is 17.6 Å². The number of carbonyl (C=O) groups excluding carboxylic acids is 1. The standard InChI is InChI=1S/C16H17FN2O3/c17-13-3-1-11(2-4-13)15(20)12-5-8-19(9-6-12)16(21)14-7-10-22-18-14/h1-4,7,10,12,15,20H,5-6,8-9H2. The Morgan fingerprint density at radius 3 is 2.55 bits per heavy atom. The predicted molar refractivity (Wildman–Crippen MR) is 76.5 cm³/mol. The lowest BCUT2D eigenvalue weighted by Gasteiger charge is -2.34. The van der Waals surface area contributed by atoms with E-state index < -0.39 is 6.10 Å². The van der Waals surface area contributed by atoms with Crippen LogP contribution in [0.4, 0.5) is 4.39 Å². The molecule has 1 unspecified atom stereocenters. The topological polar surface area (TPSA) is 66.6 Å². The molecule has 1 amide bonds. The molecule has 5 nitrogen and oxygen atoms in total. The second-order valence-corrected chi connectivity index (χ2v) is 5.51. The molecule has 1 aliphatic heterocycles. The number of hydrogen-bond donors (Lipinski definition) is 1. The highest BCUT2D eigenvalue weighted by Crippen LogP contribution is 2.31. The number of halogens is 1. The van der Waals surface area contributed by atoms with Gasteiger partial charge in [0.05, 0.1) is 6.10 Å². The summed E-state index contributed by atoms with van der Waals surface area (Å²) in [6.45, 7) is 1.13. The molecule has 0 bridgehead atoms. The minimum Gasteiger partial charge on any atom is -0.388 e. The summed E-state index contributed by atoms with van der Waals surface area (Å²) in [6, 6.07) is 7.45. The molecular formula is C16H17FN2O3. The van der Waals surface area contributed by atoms with Crippen LogP contribution in [0.1, 0.15) is 35.0 Å². The van der Waals surface area contributed by atoms with Crippen molar-refractivity contribution in [1.82, 2.24) is 10.1 Å². The summed E-state index contributed by atoms with van der Waals surface area (Å²) in [6.07, 6.45) is 2.13. The number of amides is 1. The number of carbonyl (C=O) groups is 1. The Hall–Kier alpha value is -2.21. The summed E-state index contributed by atoms with van der Waals surface area (Å²) in [5, 5.41) is 14.0. The predicted octanol–water partition coefficient (Wildman–Crippen LogP) is 2.40. The van der Waals surface area contributed by atoms with Crippen molar-refractivity contribution >= 4 is 5.91 Å². The second kappa shape index (κ2) is 6.27. The van der Waals surface area contributed by atoms with Crippen molar-refractivity contribution in [2.24, 2.45) is 5.92 Å². The first-order valence-electron chi connectivity index (χ1n) is 7.28. The Morgan fingerprint density at radius 2 is 1.95 bits per heavy atom. The lowest BCUT2D eigenvalue weighted by Crippen LogP contribution is -2.39. The molecule has 0 saturated carbocycles. The van der Waals surface area contributed by atoms with Crippen LogP contribution in [0.5, 0.6) is 0 Å². The number of aliphatic hydroxyl groups is 1. The Balaban J connectivity index is 1.59. The molecule has 2 heterocycles. The fourth-order valence-corrected chi connectivity index (χ4v) is 2.84. The van der Waals surface area contributed by atoms with Crippen molar-refractivity contribution in [2.45, 2.75) is 18.9 Å². The Morgan fingerprint density at radius 1 is 1.27 bits per heavy atom. The summed E-state index contributed by atoms with van der Waals surface area (Å²) in [5.41, 5.74) is 1.01. The molecule has 1 aliphatic rings. The van der Waals surface area contributed by atoms with Crippen LogP contribution in [0, 0.1) is 11.7 Å². The number of aliphatic hydroxyl groups excluding tert-OH is 1. The molecule has 0 spiro atoms. The second-order valence-electron chi connectivity index (χ2n) is 5.51. The normalized spacial score (nSPS) is 17.5. The van der Waals surface area contributed by atoms with Gasteiger partial charge in [-0.3, -0.25) is 4.79 Å². The van der Waals surface area contributed by atoms with E-state index in [2.05, 4.69) is 9.68 Å². The first kappa shape index (κ1) is 14.7. The molecule has 1 aromatic carbocycles. The van der Waals surface area contributed by atoms with E-state index in [1.54, 1.807) is 23.1 Å². The number of nitrogens with zero attached hydrogens (tertiary/aromatic N) is 2. The van der Waals surface area contributed by atoms with Crippen molar-refractivity contribution < 1.29 is 18.8 Å². The highest BCUT2D eigenvalue weighted by atomic mass is 19.1. The lowest BCUT2D eigenvalue weighted by atomic mass is 9.87. The van der Waals surface area contributed by atoms with Crippen molar-refractivity contribution in [2.75, 3.05) is 13.1 Å². The zero-order valence-corrected chi connectivity index (χ0v) is 12.0. The number of rotatable bonds is 3. The van der Waals surface area contributed by atoms with Gasteiger partial charge in [0.2, 0.25) is 0 Å². The number of hydrogen-bond acceptors (Lipinski definition) is 4. The third kappa shape index (κ3) is 3.01. The molecule has 116 valence electrons. The third-order valence-corrected chi connectivity index (χ3v) is 4.14. The first-order chi connectivity index (χ1) is 10.6. The van der Waals surface area contributed by atoms with E-state index in [9.17, 15) is 14.3 Å². The van der Waals surface area contributed by atoms with Crippen LogP contribution in [-0.4, -0.2) is 34.2 Å². The lowest BCUT2D eigenvalue weighted by molar-refractivity contribution is 0.0455. The Labute approximate surface area is 127 Å². The molecule has 1 fully saturated rings. The van der Waals surface area contributed by atoms with Crippen molar-refractivity contribution in [3.05, 3.63) is 53.7 Å². The van der Waals surface area contributed by atoms with Gasteiger partial charge < -0.3 is 14.5 Å². The van der Waals surface area contributed by atoms with Crippen molar-refractivity contribution in [1.29, 1.82) is 0 Å². The third-order valence-electron chi connectivity index (χ3n) is 4.14. The van der Waals surface area contributed by atoms with Crippen LogP contribution < -0.4 is 0 Å². The molecule has 1 aromatic heterocycles.